The number of aliphatic carboxylic acids is 1. The summed E-state index contributed by atoms with van der Waals surface area (Å²) in [5, 5.41) is 13.2. The first-order chi connectivity index (χ1) is 8.54. The number of aryl methyl sites for hydroxylation is 2. The molecule has 2 heterocycles. The minimum Gasteiger partial charge on any atom is -0.480 e. The fourth-order valence-electron chi connectivity index (χ4n) is 2.14. The molecule has 0 bridgehead atoms. The molecule has 0 spiro atoms. The number of carboxylic acid groups (broad SMARTS) is 1. The first kappa shape index (κ1) is 12.6. The molecule has 1 aromatic rings. The summed E-state index contributed by atoms with van der Waals surface area (Å²) < 4.78 is 1.53. The SMILES string of the molecule is CCCc1cc(C(=O)N2CCC2C(=O)O)n(C)n1. The first-order valence-corrected chi connectivity index (χ1v) is 6.11. The lowest BCUT2D eigenvalue weighted by atomic mass is 10.0. The van der Waals surface area contributed by atoms with Crippen molar-refractivity contribution < 1.29 is 14.7 Å². The van der Waals surface area contributed by atoms with Crippen LogP contribution in [0.2, 0.25) is 0 Å². The molecule has 1 atom stereocenters. The van der Waals surface area contributed by atoms with Crippen molar-refractivity contribution in [2.24, 2.45) is 7.05 Å². The van der Waals surface area contributed by atoms with E-state index in [1.807, 2.05) is 6.92 Å². The molecule has 1 amide bonds. The highest BCUT2D eigenvalue weighted by molar-refractivity contribution is 5.96. The lowest BCUT2D eigenvalue weighted by Crippen LogP contribution is -2.55. The number of hydrogen-bond donors (Lipinski definition) is 1. The summed E-state index contributed by atoms with van der Waals surface area (Å²) in [5.74, 6) is -1.18. The van der Waals surface area contributed by atoms with E-state index in [0.29, 0.717) is 18.7 Å². The van der Waals surface area contributed by atoms with Gasteiger partial charge in [0.1, 0.15) is 11.7 Å². The lowest BCUT2D eigenvalue weighted by Gasteiger charge is -2.37. The van der Waals surface area contributed by atoms with Gasteiger partial charge in [0.15, 0.2) is 0 Å². The van der Waals surface area contributed by atoms with E-state index in [1.54, 1.807) is 13.1 Å². The van der Waals surface area contributed by atoms with Gasteiger partial charge in [-0.2, -0.15) is 5.10 Å². The standard InChI is InChI=1S/C12H17N3O3/c1-3-4-8-7-10(14(2)13-8)11(16)15-6-5-9(15)12(17)18/h7,9H,3-6H2,1-2H3,(H,17,18). The molecule has 6 heteroatoms. The summed E-state index contributed by atoms with van der Waals surface area (Å²) in [6, 6.07) is 1.07. The van der Waals surface area contributed by atoms with Gasteiger partial charge in [-0.05, 0) is 18.9 Å². The predicted octanol–water partition coefficient (Wildman–Crippen LogP) is 0.672. The molecule has 6 nitrogen and oxygen atoms in total. The second kappa shape index (κ2) is 4.80. The van der Waals surface area contributed by atoms with Gasteiger partial charge in [-0.15, -0.1) is 0 Å². The van der Waals surface area contributed by atoms with Crippen LogP contribution in [-0.4, -0.2) is 44.3 Å². The minimum absolute atomic E-state index is 0.244. The monoisotopic (exact) mass is 251 g/mol. The van der Waals surface area contributed by atoms with E-state index < -0.39 is 12.0 Å². The Hall–Kier alpha value is -1.85. The molecule has 2 rings (SSSR count). The number of nitrogens with zero attached hydrogens (tertiary/aromatic N) is 3. The summed E-state index contributed by atoms with van der Waals surface area (Å²) in [6.07, 6.45) is 2.32. The van der Waals surface area contributed by atoms with E-state index in [0.717, 1.165) is 18.5 Å². The van der Waals surface area contributed by atoms with Crippen molar-refractivity contribution in [2.45, 2.75) is 32.2 Å². The summed E-state index contributed by atoms with van der Waals surface area (Å²) in [4.78, 5) is 24.5. The molecule has 18 heavy (non-hydrogen) atoms. The lowest BCUT2D eigenvalue weighted by molar-refractivity contribution is -0.146. The molecule has 0 aliphatic carbocycles. The van der Waals surface area contributed by atoms with Gasteiger partial charge in [-0.3, -0.25) is 9.48 Å². The molecule has 1 aliphatic heterocycles. The van der Waals surface area contributed by atoms with Crippen LogP contribution in [0.4, 0.5) is 0 Å². The molecule has 1 aliphatic rings. The Kier molecular flexibility index (Phi) is 3.36. The Morgan fingerprint density at radius 3 is 2.78 bits per heavy atom. The fourth-order valence-corrected chi connectivity index (χ4v) is 2.14. The zero-order valence-corrected chi connectivity index (χ0v) is 10.6. The van der Waals surface area contributed by atoms with Gasteiger partial charge in [0.2, 0.25) is 0 Å². The van der Waals surface area contributed by atoms with Gasteiger partial charge in [0, 0.05) is 13.6 Å². The first-order valence-electron chi connectivity index (χ1n) is 6.11. The maximum atomic E-state index is 12.2. The second-order valence-electron chi connectivity index (χ2n) is 4.54. The molecule has 1 saturated heterocycles. The third kappa shape index (κ3) is 2.10. The van der Waals surface area contributed by atoms with Crippen LogP contribution < -0.4 is 0 Å². The number of carbonyl (C=O) groups excluding carboxylic acids is 1. The summed E-state index contributed by atoms with van der Waals surface area (Å²) in [5.41, 5.74) is 1.33. The number of aromatic nitrogens is 2. The number of carboxylic acids is 1. The van der Waals surface area contributed by atoms with Gasteiger partial charge in [0.05, 0.1) is 5.69 Å². The van der Waals surface area contributed by atoms with Crippen LogP contribution in [0.1, 0.15) is 35.9 Å². The highest BCUT2D eigenvalue weighted by atomic mass is 16.4. The van der Waals surface area contributed by atoms with Gasteiger partial charge in [0.25, 0.3) is 5.91 Å². The molecule has 1 fully saturated rings. The summed E-state index contributed by atoms with van der Waals surface area (Å²) in [7, 11) is 1.71. The van der Waals surface area contributed by atoms with Crippen LogP contribution in [0.5, 0.6) is 0 Å². The van der Waals surface area contributed by atoms with Gasteiger partial charge in [-0.1, -0.05) is 13.3 Å². The van der Waals surface area contributed by atoms with Crippen LogP contribution in [-0.2, 0) is 18.3 Å². The molecule has 1 unspecified atom stereocenters. The number of amides is 1. The van der Waals surface area contributed by atoms with Crippen LogP contribution >= 0.6 is 0 Å². The van der Waals surface area contributed by atoms with Crippen LogP contribution in [0.3, 0.4) is 0 Å². The predicted molar refractivity (Wildman–Crippen MR) is 64.3 cm³/mol. The molecule has 0 saturated carbocycles. The zero-order chi connectivity index (χ0) is 13.3. The smallest absolute Gasteiger partial charge is 0.326 e. The number of carbonyl (C=O) groups is 2. The largest absolute Gasteiger partial charge is 0.480 e. The van der Waals surface area contributed by atoms with E-state index in [1.165, 1.54) is 9.58 Å². The molecule has 1 N–H and O–H groups in total. The summed E-state index contributed by atoms with van der Waals surface area (Å²) >= 11 is 0. The Labute approximate surface area is 105 Å². The minimum atomic E-state index is -0.939. The van der Waals surface area contributed by atoms with Crippen molar-refractivity contribution in [3.63, 3.8) is 0 Å². The van der Waals surface area contributed by atoms with Crippen molar-refractivity contribution in [1.29, 1.82) is 0 Å². The van der Waals surface area contributed by atoms with Crippen molar-refractivity contribution in [1.82, 2.24) is 14.7 Å². The van der Waals surface area contributed by atoms with Crippen molar-refractivity contribution >= 4 is 11.9 Å². The van der Waals surface area contributed by atoms with Crippen LogP contribution in [0.25, 0.3) is 0 Å². The van der Waals surface area contributed by atoms with Crippen molar-refractivity contribution in [3.05, 3.63) is 17.5 Å². The van der Waals surface area contributed by atoms with Gasteiger partial charge in [-0.25, -0.2) is 4.79 Å². The molecular weight excluding hydrogens is 234 g/mol. The second-order valence-corrected chi connectivity index (χ2v) is 4.54. The molecular formula is C12H17N3O3. The topological polar surface area (TPSA) is 75.4 Å². The third-order valence-corrected chi connectivity index (χ3v) is 3.22. The average Bonchev–Trinajstić information content (AvgIpc) is 2.57. The number of hydrogen-bond acceptors (Lipinski definition) is 3. The quantitative estimate of drug-likeness (QED) is 0.853. The third-order valence-electron chi connectivity index (χ3n) is 3.22. The molecule has 1 aromatic heterocycles. The summed E-state index contributed by atoms with van der Waals surface area (Å²) in [6.45, 7) is 2.55. The molecule has 98 valence electrons. The van der Waals surface area contributed by atoms with Gasteiger partial charge >= 0.3 is 5.97 Å². The van der Waals surface area contributed by atoms with E-state index in [4.69, 9.17) is 5.11 Å². The van der Waals surface area contributed by atoms with Crippen LogP contribution in [0.15, 0.2) is 6.07 Å². The van der Waals surface area contributed by atoms with Crippen LogP contribution in [0, 0.1) is 0 Å². The van der Waals surface area contributed by atoms with Crippen molar-refractivity contribution in [3.8, 4) is 0 Å². The Morgan fingerprint density at radius 1 is 1.56 bits per heavy atom. The van der Waals surface area contributed by atoms with E-state index >= 15 is 0 Å². The Bertz CT molecular complexity index is 481. The number of likely N-dealkylation sites (tertiary alicyclic amines) is 1. The maximum Gasteiger partial charge on any atom is 0.326 e. The van der Waals surface area contributed by atoms with Crippen molar-refractivity contribution in [2.75, 3.05) is 6.54 Å². The Balaban J connectivity index is 2.16. The van der Waals surface area contributed by atoms with E-state index in [-0.39, 0.29) is 5.91 Å². The highest BCUT2D eigenvalue weighted by Gasteiger charge is 2.38. The average molecular weight is 251 g/mol. The van der Waals surface area contributed by atoms with E-state index in [2.05, 4.69) is 5.10 Å². The zero-order valence-electron chi connectivity index (χ0n) is 10.6. The van der Waals surface area contributed by atoms with Gasteiger partial charge < -0.3 is 10.0 Å². The highest BCUT2D eigenvalue weighted by Crippen LogP contribution is 2.21. The van der Waals surface area contributed by atoms with E-state index in [9.17, 15) is 9.59 Å². The number of rotatable bonds is 4. The fraction of sp³-hybridized carbons (Fsp3) is 0.583. The maximum absolute atomic E-state index is 12.2. The Morgan fingerprint density at radius 2 is 2.28 bits per heavy atom. The molecule has 0 aromatic carbocycles. The normalized spacial score (nSPS) is 18.6. The molecule has 0 radical (unpaired) electrons.